The van der Waals surface area contributed by atoms with E-state index in [4.69, 9.17) is 0 Å². The molecule has 0 radical (unpaired) electrons. The molecule has 0 aromatic rings. The standard InChI is InChI=1S/C13H23NO2/c1-10-6-2-3-7-11(10)14-13(12(15)16)8-4-5-9-13/h10-11,14H,2-9H2,1H3,(H,15,16). The van der Waals surface area contributed by atoms with Gasteiger partial charge in [0, 0.05) is 6.04 Å². The second-order valence-electron chi connectivity index (χ2n) is 5.61. The molecule has 0 bridgehead atoms. The van der Waals surface area contributed by atoms with Crippen molar-refractivity contribution in [3.8, 4) is 0 Å². The van der Waals surface area contributed by atoms with Crippen molar-refractivity contribution in [3.63, 3.8) is 0 Å². The summed E-state index contributed by atoms with van der Waals surface area (Å²) >= 11 is 0. The van der Waals surface area contributed by atoms with Crippen LogP contribution < -0.4 is 5.32 Å². The summed E-state index contributed by atoms with van der Waals surface area (Å²) < 4.78 is 0. The number of aliphatic carboxylic acids is 1. The quantitative estimate of drug-likeness (QED) is 0.776. The highest BCUT2D eigenvalue weighted by Gasteiger charge is 2.43. The third-order valence-corrected chi connectivity index (χ3v) is 4.44. The Bertz CT molecular complexity index is 259. The normalized spacial score (nSPS) is 33.8. The summed E-state index contributed by atoms with van der Waals surface area (Å²) in [5.74, 6) is -0.00616. The van der Waals surface area contributed by atoms with E-state index in [1.807, 2.05) is 0 Å². The maximum Gasteiger partial charge on any atom is 0.323 e. The van der Waals surface area contributed by atoms with Crippen LogP contribution >= 0.6 is 0 Å². The van der Waals surface area contributed by atoms with Gasteiger partial charge in [-0.25, -0.2) is 0 Å². The summed E-state index contributed by atoms with van der Waals surface area (Å²) in [5, 5.41) is 12.9. The molecule has 0 heterocycles. The molecular weight excluding hydrogens is 202 g/mol. The van der Waals surface area contributed by atoms with E-state index in [0.29, 0.717) is 12.0 Å². The third kappa shape index (κ3) is 2.24. The lowest BCUT2D eigenvalue weighted by Gasteiger charge is -2.37. The molecule has 2 unspecified atom stereocenters. The Kier molecular flexibility index (Phi) is 3.53. The number of hydrogen-bond donors (Lipinski definition) is 2. The first-order chi connectivity index (χ1) is 7.64. The van der Waals surface area contributed by atoms with E-state index in [1.165, 1.54) is 19.3 Å². The molecule has 0 spiro atoms. The average molecular weight is 225 g/mol. The van der Waals surface area contributed by atoms with Gasteiger partial charge in [0.15, 0.2) is 0 Å². The zero-order valence-electron chi connectivity index (χ0n) is 10.2. The van der Waals surface area contributed by atoms with Crippen molar-refractivity contribution >= 4 is 5.97 Å². The number of hydrogen-bond acceptors (Lipinski definition) is 2. The molecular formula is C13H23NO2. The molecule has 0 aromatic heterocycles. The van der Waals surface area contributed by atoms with Gasteiger partial charge >= 0.3 is 5.97 Å². The zero-order chi connectivity index (χ0) is 11.6. The van der Waals surface area contributed by atoms with Crippen LogP contribution in [0.5, 0.6) is 0 Å². The first-order valence-corrected chi connectivity index (χ1v) is 6.65. The molecule has 3 heteroatoms. The van der Waals surface area contributed by atoms with Gasteiger partial charge in [0.25, 0.3) is 0 Å². The van der Waals surface area contributed by atoms with Crippen molar-refractivity contribution < 1.29 is 9.90 Å². The molecule has 0 saturated heterocycles. The number of carbonyl (C=O) groups is 1. The molecule has 92 valence electrons. The number of rotatable bonds is 3. The van der Waals surface area contributed by atoms with Gasteiger partial charge in [0.05, 0.1) is 0 Å². The molecule has 2 N–H and O–H groups in total. The van der Waals surface area contributed by atoms with Crippen LogP contribution in [-0.2, 0) is 4.79 Å². The number of carboxylic acids is 1. The summed E-state index contributed by atoms with van der Waals surface area (Å²) in [5.41, 5.74) is -0.601. The average Bonchev–Trinajstić information content (AvgIpc) is 2.71. The lowest BCUT2D eigenvalue weighted by molar-refractivity contribution is -0.145. The summed E-state index contributed by atoms with van der Waals surface area (Å²) in [6, 6.07) is 0.419. The predicted octanol–water partition coefficient (Wildman–Crippen LogP) is 2.55. The topological polar surface area (TPSA) is 49.3 Å². The van der Waals surface area contributed by atoms with Crippen LogP contribution in [0.2, 0.25) is 0 Å². The van der Waals surface area contributed by atoms with Gasteiger partial charge in [-0.15, -0.1) is 0 Å². The van der Waals surface area contributed by atoms with Crippen LogP contribution in [0.15, 0.2) is 0 Å². The minimum atomic E-state index is -0.636. The van der Waals surface area contributed by atoms with Crippen LogP contribution in [0.3, 0.4) is 0 Å². The van der Waals surface area contributed by atoms with Gasteiger partial charge < -0.3 is 5.11 Å². The predicted molar refractivity (Wildman–Crippen MR) is 63.4 cm³/mol. The second kappa shape index (κ2) is 4.74. The molecule has 2 rings (SSSR count). The van der Waals surface area contributed by atoms with E-state index in [1.54, 1.807) is 0 Å². The first-order valence-electron chi connectivity index (χ1n) is 6.65. The molecule has 2 saturated carbocycles. The fraction of sp³-hybridized carbons (Fsp3) is 0.923. The highest BCUT2D eigenvalue weighted by Crippen LogP contribution is 2.33. The Morgan fingerprint density at radius 1 is 1.19 bits per heavy atom. The van der Waals surface area contributed by atoms with Gasteiger partial charge in [-0.1, -0.05) is 32.6 Å². The van der Waals surface area contributed by atoms with E-state index < -0.39 is 11.5 Å². The van der Waals surface area contributed by atoms with Crippen molar-refractivity contribution in [1.82, 2.24) is 5.32 Å². The van der Waals surface area contributed by atoms with E-state index in [0.717, 1.165) is 32.1 Å². The summed E-state index contributed by atoms with van der Waals surface area (Å²) in [6.07, 6.45) is 8.68. The minimum Gasteiger partial charge on any atom is -0.480 e. The van der Waals surface area contributed by atoms with Crippen molar-refractivity contribution in [3.05, 3.63) is 0 Å². The monoisotopic (exact) mass is 225 g/mol. The highest BCUT2D eigenvalue weighted by atomic mass is 16.4. The smallest absolute Gasteiger partial charge is 0.323 e. The fourth-order valence-corrected chi connectivity index (χ4v) is 3.28. The van der Waals surface area contributed by atoms with Crippen LogP contribution in [0.4, 0.5) is 0 Å². The summed E-state index contributed by atoms with van der Waals surface area (Å²) in [4.78, 5) is 11.4. The molecule has 2 fully saturated rings. The first kappa shape index (κ1) is 11.9. The van der Waals surface area contributed by atoms with E-state index in [2.05, 4.69) is 12.2 Å². The molecule has 0 aromatic carbocycles. The lowest BCUT2D eigenvalue weighted by atomic mass is 9.83. The summed E-state index contributed by atoms with van der Waals surface area (Å²) in [7, 11) is 0. The lowest BCUT2D eigenvalue weighted by Crippen LogP contribution is -2.56. The molecule has 2 aliphatic rings. The molecule has 16 heavy (non-hydrogen) atoms. The summed E-state index contributed by atoms with van der Waals surface area (Å²) in [6.45, 7) is 2.25. The van der Waals surface area contributed by atoms with Gasteiger partial charge in [0.1, 0.15) is 5.54 Å². The molecule has 0 amide bonds. The van der Waals surface area contributed by atoms with Crippen LogP contribution in [0.1, 0.15) is 58.3 Å². The maximum absolute atomic E-state index is 11.4. The van der Waals surface area contributed by atoms with Gasteiger partial charge in [0.2, 0.25) is 0 Å². The number of nitrogens with one attached hydrogen (secondary N) is 1. The Hall–Kier alpha value is -0.570. The highest BCUT2D eigenvalue weighted by molar-refractivity contribution is 5.79. The van der Waals surface area contributed by atoms with Crippen LogP contribution in [0, 0.1) is 5.92 Å². The third-order valence-electron chi connectivity index (χ3n) is 4.44. The van der Waals surface area contributed by atoms with Crippen LogP contribution in [-0.4, -0.2) is 22.7 Å². The van der Waals surface area contributed by atoms with Gasteiger partial charge in [-0.2, -0.15) is 0 Å². The largest absolute Gasteiger partial charge is 0.480 e. The van der Waals surface area contributed by atoms with Gasteiger partial charge in [-0.3, -0.25) is 10.1 Å². The Balaban J connectivity index is 2.02. The molecule has 2 atom stereocenters. The van der Waals surface area contributed by atoms with Crippen molar-refractivity contribution in [1.29, 1.82) is 0 Å². The van der Waals surface area contributed by atoms with Crippen molar-refractivity contribution in [2.24, 2.45) is 5.92 Å². The SMILES string of the molecule is CC1CCCCC1NC1(C(=O)O)CCCC1. The Labute approximate surface area is 97.6 Å². The zero-order valence-corrected chi connectivity index (χ0v) is 10.2. The van der Waals surface area contributed by atoms with E-state index in [-0.39, 0.29) is 0 Å². The molecule has 0 aliphatic heterocycles. The van der Waals surface area contributed by atoms with Crippen molar-refractivity contribution in [2.75, 3.05) is 0 Å². The molecule has 2 aliphatic carbocycles. The maximum atomic E-state index is 11.4. The fourth-order valence-electron chi connectivity index (χ4n) is 3.28. The number of carboxylic acid groups (broad SMARTS) is 1. The van der Waals surface area contributed by atoms with Crippen molar-refractivity contribution in [2.45, 2.75) is 69.9 Å². The minimum absolute atomic E-state index is 0.419. The Morgan fingerprint density at radius 2 is 1.81 bits per heavy atom. The van der Waals surface area contributed by atoms with E-state index in [9.17, 15) is 9.90 Å². The van der Waals surface area contributed by atoms with Crippen LogP contribution in [0.25, 0.3) is 0 Å². The van der Waals surface area contributed by atoms with E-state index >= 15 is 0 Å². The second-order valence-corrected chi connectivity index (χ2v) is 5.61. The molecule has 3 nitrogen and oxygen atoms in total. The Morgan fingerprint density at radius 3 is 2.38 bits per heavy atom. The van der Waals surface area contributed by atoms with Gasteiger partial charge in [-0.05, 0) is 31.6 Å².